The Morgan fingerprint density at radius 3 is 2.50 bits per heavy atom. The molecule has 2 rings (SSSR count). The van der Waals surface area contributed by atoms with Crippen LogP contribution in [0.4, 0.5) is 0 Å². The molecule has 3 nitrogen and oxygen atoms in total. The first-order valence-electron chi connectivity index (χ1n) is 7.15. The van der Waals surface area contributed by atoms with Gasteiger partial charge in [0.25, 0.3) is 0 Å². The van der Waals surface area contributed by atoms with Gasteiger partial charge in [-0.25, -0.2) is 0 Å². The third kappa shape index (κ3) is 2.78. The van der Waals surface area contributed by atoms with Crippen molar-refractivity contribution < 1.29 is 4.42 Å². The Kier molecular flexibility index (Phi) is 4.46. The number of nitrogens with zero attached hydrogens (tertiary/aromatic N) is 1. The van der Waals surface area contributed by atoms with Gasteiger partial charge >= 0.3 is 0 Å². The van der Waals surface area contributed by atoms with Crippen LogP contribution < -0.4 is 5.32 Å². The minimum atomic E-state index is 0.435. The van der Waals surface area contributed by atoms with Gasteiger partial charge in [-0.2, -0.15) is 0 Å². The van der Waals surface area contributed by atoms with Crippen molar-refractivity contribution in [3.63, 3.8) is 0 Å². The summed E-state index contributed by atoms with van der Waals surface area (Å²) in [7, 11) is 0. The van der Waals surface area contributed by atoms with Crippen molar-refractivity contribution in [2.24, 2.45) is 5.92 Å². The van der Waals surface area contributed by atoms with E-state index in [0.717, 1.165) is 37.7 Å². The molecule has 0 amide bonds. The van der Waals surface area contributed by atoms with E-state index in [1.54, 1.807) is 0 Å². The lowest BCUT2D eigenvalue weighted by atomic mass is 9.94. The third-order valence-corrected chi connectivity index (χ3v) is 4.20. The predicted octanol–water partition coefficient (Wildman–Crippen LogP) is 2.89. The molecule has 0 radical (unpaired) electrons. The van der Waals surface area contributed by atoms with Gasteiger partial charge in [-0.15, -0.1) is 0 Å². The number of hydrogen-bond acceptors (Lipinski definition) is 3. The Balaban J connectivity index is 2.23. The summed E-state index contributed by atoms with van der Waals surface area (Å²) < 4.78 is 5.99. The van der Waals surface area contributed by atoms with Crippen molar-refractivity contribution in [1.29, 1.82) is 0 Å². The summed E-state index contributed by atoms with van der Waals surface area (Å²) in [5, 5.41) is 3.42. The van der Waals surface area contributed by atoms with E-state index in [9.17, 15) is 0 Å². The van der Waals surface area contributed by atoms with Crippen LogP contribution in [0.3, 0.4) is 0 Å². The van der Waals surface area contributed by atoms with Crippen LogP contribution in [-0.4, -0.2) is 31.1 Å². The van der Waals surface area contributed by atoms with Crippen LogP contribution in [0.2, 0.25) is 0 Å². The molecule has 1 saturated heterocycles. The normalized spacial score (nSPS) is 20.9. The van der Waals surface area contributed by atoms with E-state index in [1.165, 1.54) is 12.0 Å². The van der Waals surface area contributed by atoms with Gasteiger partial charge in [0.15, 0.2) is 0 Å². The van der Waals surface area contributed by atoms with Gasteiger partial charge in [-0.1, -0.05) is 20.3 Å². The molecule has 0 spiro atoms. The summed E-state index contributed by atoms with van der Waals surface area (Å²) in [5.41, 5.74) is 1.27. The lowest BCUT2D eigenvalue weighted by molar-refractivity contribution is 0.110. The van der Waals surface area contributed by atoms with Crippen molar-refractivity contribution in [1.82, 2.24) is 10.2 Å². The first kappa shape index (κ1) is 13.6. The van der Waals surface area contributed by atoms with E-state index in [4.69, 9.17) is 4.42 Å². The zero-order valence-corrected chi connectivity index (χ0v) is 12.1. The van der Waals surface area contributed by atoms with Gasteiger partial charge in [0.05, 0.1) is 6.04 Å². The predicted molar refractivity (Wildman–Crippen MR) is 74.8 cm³/mol. The van der Waals surface area contributed by atoms with Crippen LogP contribution in [0.1, 0.15) is 43.4 Å². The lowest BCUT2D eigenvalue weighted by Gasteiger charge is -2.36. The summed E-state index contributed by atoms with van der Waals surface area (Å²) in [4.78, 5) is 2.57. The van der Waals surface area contributed by atoms with Crippen molar-refractivity contribution in [2.75, 3.05) is 26.2 Å². The average molecular weight is 250 g/mol. The van der Waals surface area contributed by atoms with Crippen molar-refractivity contribution in [3.05, 3.63) is 23.2 Å². The fraction of sp³-hybridized carbons (Fsp3) is 0.733. The van der Waals surface area contributed by atoms with Gasteiger partial charge in [0, 0.05) is 26.2 Å². The molecule has 1 aliphatic heterocycles. The molecule has 18 heavy (non-hydrogen) atoms. The van der Waals surface area contributed by atoms with E-state index < -0.39 is 0 Å². The third-order valence-electron chi connectivity index (χ3n) is 4.20. The summed E-state index contributed by atoms with van der Waals surface area (Å²) in [6, 6.07) is 2.67. The molecule has 0 aromatic carbocycles. The number of piperazine rings is 1. The van der Waals surface area contributed by atoms with Gasteiger partial charge in [0.2, 0.25) is 0 Å². The number of aryl methyl sites for hydroxylation is 2. The Morgan fingerprint density at radius 1 is 1.33 bits per heavy atom. The van der Waals surface area contributed by atoms with E-state index >= 15 is 0 Å². The van der Waals surface area contributed by atoms with Crippen LogP contribution in [0.25, 0.3) is 0 Å². The standard InChI is InChI=1S/C15H26N2O/c1-5-11(2)15(17-8-6-16-7-9-17)14-10-12(3)13(4)18-14/h10-11,15-16H,5-9H2,1-4H3/t11?,15-/m0/s1. The quantitative estimate of drug-likeness (QED) is 0.890. The largest absolute Gasteiger partial charge is 0.464 e. The molecule has 2 atom stereocenters. The van der Waals surface area contributed by atoms with Crippen LogP contribution in [0, 0.1) is 19.8 Å². The van der Waals surface area contributed by atoms with Gasteiger partial charge in [-0.05, 0) is 31.4 Å². The molecule has 102 valence electrons. The first-order chi connectivity index (χ1) is 8.63. The Hall–Kier alpha value is -0.800. The Labute approximate surface area is 111 Å². The zero-order chi connectivity index (χ0) is 13.1. The highest BCUT2D eigenvalue weighted by Gasteiger charge is 2.29. The molecule has 3 heteroatoms. The molecule has 1 N–H and O–H groups in total. The summed E-state index contributed by atoms with van der Waals surface area (Å²) in [6.07, 6.45) is 1.19. The topological polar surface area (TPSA) is 28.4 Å². The van der Waals surface area contributed by atoms with Crippen LogP contribution in [-0.2, 0) is 0 Å². The Morgan fingerprint density at radius 2 is 2.00 bits per heavy atom. The zero-order valence-electron chi connectivity index (χ0n) is 12.1. The molecule has 1 fully saturated rings. The molecule has 0 saturated carbocycles. The van der Waals surface area contributed by atoms with Crippen LogP contribution in [0.15, 0.2) is 10.5 Å². The van der Waals surface area contributed by atoms with Gasteiger partial charge in [0.1, 0.15) is 11.5 Å². The number of rotatable bonds is 4. The molecule has 2 heterocycles. The molecular weight excluding hydrogens is 224 g/mol. The number of furan rings is 1. The van der Waals surface area contributed by atoms with Crippen LogP contribution in [0.5, 0.6) is 0 Å². The SMILES string of the molecule is CCC(C)[C@@H](c1cc(C)c(C)o1)N1CCNCC1. The van der Waals surface area contributed by atoms with Gasteiger partial charge in [-0.3, -0.25) is 4.90 Å². The fourth-order valence-corrected chi connectivity index (χ4v) is 2.75. The molecule has 1 unspecified atom stereocenters. The molecule has 1 aliphatic rings. The molecule has 1 aromatic rings. The van der Waals surface area contributed by atoms with E-state index in [0.29, 0.717) is 12.0 Å². The van der Waals surface area contributed by atoms with Crippen molar-refractivity contribution in [2.45, 2.75) is 40.2 Å². The molecular formula is C15H26N2O. The van der Waals surface area contributed by atoms with Gasteiger partial charge < -0.3 is 9.73 Å². The smallest absolute Gasteiger partial charge is 0.121 e. The number of nitrogens with one attached hydrogen (secondary N) is 1. The summed E-state index contributed by atoms with van der Waals surface area (Å²) in [6.45, 7) is 13.2. The maximum Gasteiger partial charge on any atom is 0.121 e. The average Bonchev–Trinajstić information content (AvgIpc) is 2.70. The van der Waals surface area contributed by atoms with Crippen molar-refractivity contribution in [3.8, 4) is 0 Å². The second kappa shape index (κ2) is 5.89. The highest BCUT2D eigenvalue weighted by molar-refractivity contribution is 5.21. The minimum absolute atomic E-state index is 0.435. The number of hydrogen-bond donors (Lipinski definition) is 1. The van der Waals surface area contributed by atoms with E-state index in [2.05, 4.69) is 44.0 Å². The summed E-state index contributed by atoms with van der Waals surface area (Å²) in [5.74, 6) is 2.85. The highest BCUT2D eigenvalue weighted by atomic mass is 16.3. The molecule has 0 bridgehead atoms. The lowest BCUT2D eigenvalue weighted by Crippen LogP contribution is -2.46. The van der Waals surface area contributed by atoms with Crippen LogP contribution >= 0.6 is 0 Å². The maximum absolute atomic E-state index is 5.99. The monoisotopic (exact) mass is 250 g/mol. The Bertz CT molecular complexity index is 360. The second-order valence-corrected chi connectivity index (χ2v) is 5.50. The highest BCUT2D eigenvalue weighted by Crippen LogP contribution is 2.33. The van der Waals surface area contributed by atoms with E-state index in [1.807, 2.05) is 0 Å². The summed E-state index contributed by atoms with van der Waals surface area (Å²) >= 11 is 0. The first-order valence-corrected chi connectivity index (χ1v) is 7.15. The second-order valence-electron chi connectivity index (χ2n) is 5.50. The molecule has 0 aliphatic carbocycles. The fourth-order valence-electron chi connectivity index (χ4n) is 2.75. The molecule has 1 aromatic heterocycles. The van der Waals surface area contributed by atoms with E-state index in [-0.39, 0.29) is 0 Å². The minimum Gasteiger partial charge on any atom is -0.464 e. The maximum atomic E-state index is 5.99. The van der Waals surface area contributed by atoms with Crippen molar-refractivity contribution >= 4 is 0 Å².